The summed E-state index contributed by atoms with van der Waals surface area (Å²) >= 11 is 3.52. The van der Waals surface area contributed by atoms with E-state index in [1.807, 2.05) is 0 Å². The molecule has 2 atom stereocenters. The Morgan fingerprint density at radius 2 is 2.14 bits per heavy atom. The van der Waals surface area contributed by atoms with Crippen LogP contribution in [0.1, 0.15) is 43.0 Å². The van der Waals surface area contributed by atoms with Gasteiger partial charge in [-0.25, -0.2) is 0 Å². The third kappa shape index (κ3) is 3.81. The molecule has 2 rings (SSSR count). The van der Waals surface area contributed by atoms with E-state index >= 15 is 0 Å². The Kier molecular flexibility index (Phi) is 4.98. The molecule has 0 spiro atoms. The van der Waals surface area contributed by atoms with Crippen LogP contribution in [0, 0.1) is 16.0 Å². The minimum Gasteiger partial charge on any atom is -0.346 e. The molecule has 1 saturated carbocycles. The number of halogens is 1. The molecule has 1 aromatic rings. The van der Waals surface area contributed by atoms with Gasteiger partial charge in [-0.1, -0.05) is 35.7 Å². The molecule has 21 heavy (non-hydrogen) atoms. The molecule has 1 aromatic carbocycles. The first-order chi connectivity index (χ1) is 9.96. The van der Waals surface area contributed by atoms with Gasteiger partial charge >= 0.3 is 0 Å². The van der Waals surface area contributed by atoms with Gasteiger partial charge < -0.3 is 5.32 Å². The van der Waals surface area contributed by atoms with Crippen molar-refractivity contribution in [2.24, 2.45) is 5.92 Å². The number of carbonyl (C=O) groups is 1. The highest BCUT2D eigenvalue weighted by molar-refractivity contribution is 9.09. The summed E-state index contributed by atoms with van der Waals surface area (Å²) in [6, 6.07) is 5.72. The van der Waals surface area contributed by atoms with E-state index in [0.717, 1.165) is 24.6 Å². The van der Waals surface area contributed by atoms with Crippen LogP contribution in [0.5, 0.6) is 0 Å². The zero-order chi connectivity index (χ0) is 15.5. The van der Waals surface area contributed by atoms with Gasteiger partial charge in [-0.3, -0.25) is 14.9 Å². The van der Waals surface area contributed by atoms with E-state index in [-0.39, 0.29) is 17.1 Å². The lowest BCUT2D eigenvalue weighted by Gasteiger charge is -2.39. The SMILES string of the molecule is CC1CCCC(CBr)(NC(=O)c2ccc([N+](=O)[O-])cc2)C1. The lowest BCUT2D eigenvalue weighted by molar-refractivity contribution is -0.384. The molecule has 114 valence electrons. The molecule has 0 radical (unpaired) electrons. The predicted octanol–water partition coefficient (Wildman–Crippen LogP) is 3.67. The summed E-state index contributed by atoms with van der Waals surface area (Å²) in [5, 5.41) is 14.5. The van der Waals surface area contributed by atoms with Crippen LogP contribution in [-0.2, 0) is 0 Å². The Balaban J connectivity index is 2.10. The second-order valence-corrected chi connectivity index (χ2v) is 6.43. The summed E-state index contributed by atoms with van der Waals surface area (Å²) in [7, 11) is 0. The van der Waals surface area contributed by atoms with Crippen LogP contribution in [0.3, 0.4) is 0 Å². The Labute approximate surface area is 132 Å². The first kappa shape index (κ1) is 15.9. The van der Waals surface area contributed by atoms with Gasteiger partial charge in [0.15, 0.2) is 0 Å². The summed E-state index contributed by atoms with van der Waals surface area (Å²) in [5.74, 6) is 0.423. The van der Waals surface area contributed by atoms with Gasteiger partial charge in [0.2, 0.25) is 0 Å². The zero-order valence-corrected chi connectivity index (χ0v) is 13.6. The number of benzene rings is 1. The van der Waals surface area contributed by atoms with Crippen LogP contribution in [0.15, 0.2) is 24.3 Å². The van der Waals surface area contributed by atoms with Crippen LogP contribution in [0.25, 0.3) is 0 Å². The first-order valence-electron chi connectivity index (χ1n) is 7.09. The molecule has 0 aliphatic heterocycles. The van der Waals surface area contributed by atoms with Crippen LogP contribution in [0.4, 0.5) is 5.69 Å². The molecule has 2 unspecified atom stereocenters. The van der Waals surface area contributed by atoms with Crippen LogP contribution in [0.2, 0.25) is 0 Å². The smallest absolute Gasteiger partial charge is 0.269 e. The zero-order valence-electron chi connectivity index (χ0n) is 12.0. The number of nitro benzene ring substituents is 1. The molecule has 1 aliphatic rings. The van der Waals surface area contributed by atoms with Crippen molar-refractivity contribution in [2.45, 2.75) is 38.1 Å². The number of nitro groups is 1. The van der Waals surface area contributed by atoms with Crippen LogP contribution in [-0.4, -0.2) is 21.7 Å². The number of carbonyl (C=O) groups excluding carboxylic acids is 1. The average molecular weight is 355 g/mol. The van der Waals surface area contributed by atoms with Crippen molar-refractivity contribution in [3.05, 3.63) is 39.9 Å². The van der Waals surface area contributed by atoms with Gasteiger partial charge in [-0.05, 0) is 30.9 Å². The van der Waals surface area contributed by atoms with Crippen LogP contribution >= 0.6 is 15.9 Å². The van der Waals surface area contributed by atoms with E-state index in [4.69, 9.17) is 0 Å². The Morgan fingerprint density at radius 1 is 1.48 bits per heavy atom. The molecule has 0 heterocycles. The molecule has 1 N–H and O–H groups in total. The standard InChI is InChI=1S/C15H19BrN2O3/c1-11-3-2-8-15(9-11,10-16)17-14(19)12-4-6-13(7-5-12)18(20)21/h4-7,11H,2-3,8-10H2,1H3,(H,17,19). The molecule has 1 amide bonds. The van der Waals surface area contributed by atoms with E-state index in [0.29, 0.717) is 11.5 Å². The number of hydrogen-bond acceptors (Lipinski definition) is 3. The number of non-ortho nitro benzene ring substituents is 1. The molecule has 6 heteroatoms. The van der Waals surface area contributed by atoms with Crippen molar-refractivity contribution in [3.63, 3.8) is 0 Å². The molecule has 0 saturated heterocycles. The van der Waals surface area contributed by atoms with Crippen LogP contribution < -0.4 is 5.32 Å². The Hall–Kier alpha value is -1.43. The van der Waals surface area contributed by atoms with Gasteiger partial charge in [0.05, 0.1) is 10.5 Å². The fourth-order valence-electron chi connectivity index (χ4n) is 2.98. The van der Waals surface area contributed by atoms with Gasteiger partial charge in [-0.2, -0.15) is 0 Å². The highest BCUT2D eigenvalue weighted by Crippen LogP contribution is 2.33. The maximum Gasteiger partial charge on any atom is 0.269 e. The van der Waals surface area contributed by atoms with Gasteiger partial charge in [0.1, 0.15) is 0 Å². The second-order valence-electron chi connectivity index (χ2n) is 5.87. The van der Waals surface area contributed by atoms with Crippen molar-refractivity contribution in [2.75, 3.05) is 5.33 Å². The molecule has 1 fully saturated rings. The first-order valence-corrected chi connectivity index (χ1v) is 8.21. The molecule has 0 bridgehead atoms. The van der Waals surface area contributed by atoms with Gasteiger partial charge in [0, 0.05) is 23.0 Å². The van der Waals surface area contributed by atoms with Gasteiger partial charge in [0.25, 0.3) is 11.6 Å². The molecular formula is C15H19BrN2O3. The highest BCUT2D eigenvalue weighted by Gasteiger charge is 2.35. The predicted molar refractivity (Wildman–Crippen MR) is 84.7 cm³/mol. The Bertz CT molecular complexity index is 532. The summed E-state index contributed by atoms with van der Waals surface area (Å²) < 4.78 is 0. The third-order valence-corrected chi connectivity index (χ3v) is 5.14. The summed E-state index contributed by atoms with van der Waals surface area (Å²) in [6.45, 7) is 2.20. The van der Waals surface area contributed by atoms with Crippen molar-refractivity contribution in [3.8, 4) is 0 Å². The lowest BCUT2D eigenvalue weighted by atomic mass is 9.77. The minimum absolute atomic E-state index is 0.00644. The fourth-order valence-corrected chi connectivity index (χ4v) is 3.63. The van der Waals surface area contributed by atoms with Crippen molar-refractivity contribution in [1.82, 2.24) is 5.32 Å². The molecule has 5 nitrogen and oxygen atoms in total. The van der Waals surface area contributed by atoms with Gasteiger partial charge in [-0.15, -0.1) is 0 Å². The second kappa shape index (κ2) is 6.56. The third-order valence-electron chi connectivity index (χ3n) is 4.07. The summed E-state index contributed by atoms with van der Waals surface area (Å²) in [6.07, 6.45) is 4.22. The largest absolute Gasteiger partial charge is 0.346 e. The van der Waals surface area contributed by atoms with E-state index in [2.05, 4.69) is 28.2 Å². The molecule has 1 aliphatic carbocycles. The fraction of sp³-hybridized carbons (Fsp3) is 0.533. The summed E-state index contributed by atoms with van der Waals surface area (Å²) in [4.78, 5) is 22.5. The number of hydrogen-bond donors (Lipinski definition) is 1. The van der Waals surface area contributed by atoms with E-state index in [1.54, 1.807) is 0 Å². The number of alkyl halides is 1. The normalized spacial score (nSPS) is 25.3. The quantitative estimate of drug-likeness (QED) is 0.509. The number of rotatable bonds is 4. The number of nitrogens with one attached hydrogen (secondary N) is 1. The van der Waals surface area contributed by atoms with Crippen molar-refractivity contribution < 1.29 is 9.72 Å². The average Bonchev–Trinajstić information content (AvgIpc) is 2.47. The van der Waals surface area contributed by atoms with Crippen molar-refractivity contribution in [1.29, 1.82) is 0 Å². The number of amides is 1. The monoisotopic (exact) mass is 354 g/mol. The highest BCUT2D eigenvalue weighted by atomic mass is 79.9. The maximum atomic E-state index is 12.4. The van der Waals surface area contributed by atoms with E-state index in [1.165, 1.54) is 30.7 Å². The summed E-state index contributed by atoms with van der Waals surface area (Å²) in [5.41, 5.74) is 0.239. The molecular weight excluding hydrogens is 336 g/mol. The van der Waals surface area contributed by atoms with E-state index in [9.17, 15) is 14.9 Å². The minimum atomic E-state index is -0.468. The topological polar surface area (TPSA) is 72.2 Å². The Morgan fingerprint density at radius 3 is 2.67 bits per heavy atom. The van der Waals surface area contributed by atoms with E-state index < -0.39 is 4.92 Å². The number of nitrogens with zero attached hydrogens (tertiary/aromatic N) is 1. The molecule has 0 aromatic heterocycles. The maximum absolute atomic E-state index is 12.4. The lowest BCUT2D eigenvalue weighted by Crippen LogP contribution is -2.52. The van der Waals surface area contributed by atoms with Crippen molar-refractivity contribution >= 4 is 27.5 Å².